The molecule has 0 aromatic heterocycles. The Morgan fingerprint density at radius 3 is 2.35 bits per heavy atom. The van der Waals surface area contributed by atoms with Gasteiger partial charge in [0.2, 0.25) is 0 Å². The summed E-state index contributed by atoms with van der Waals surface area (Å²) in [5.74, 6) is 1.93. The van der Waals surface area contributed by atoms with Crippen LogP contribution in [0.3, 0.4) is 0 Å². The van der Waals surface area contributed by atoms with Gasteiger partial charge in [0.05, 0.1) is 18.6 Å². The number of aryl methyl sites for hydroxylation is 1. The number of nitrogens with one attached hydrogen (secondary N) is 1. The van der Waals surface area contributed by atoms with E-state index in [4.69, 9.17) is 4.74 Å². The van der Waals surface area contributed by atoms with Crippen LogP contribution in [-0.4, -0.2) is 36.5 Å². The van der Waals surface area contributed by atoms with E-state index in [1.165, 1.54) is 44.9 Å². The van der Waals surface area contributed by atoms with E-state index < -0.39 is 17.9 Å². The summed E-state index contributed by atoms with van der Waals surface area (Å²) >= 11 is 1.54. The molecular formula is C33H42LiNO4S. The molecule has 1 atom stereocenters. The zero-order valence-corrected chi connectivity index (χ0v) is 25.2. The molecule has 7 heteroatoms. The summed E-state index contributed by atoms with van der Waals surface area (Å²) in [6.07, 6.45) is 13.4. The van der Waals surface area contributed by atoms with Crippen molar-refractivity contribution >= 4 is 23.6 Å². The van der Waals surface area contributed by atoms with Gasteiger partial charge in [-0.3, -0.25) is 4.79 Å². The second-order valence-corrected chi connectivity index (χ2v) is 13.4. The summed E-state index contributed by atoms with van der Waals surface area (Å²) in [6.45, 7) is 3.27. The first-order chi connectivity index (χ1) is 18.9. The standard InChI is InChI=1S/C33H43NO4S.Li/c1-22-6-3-4-7-27(22)29-17-23(8-9-28(29)31(35)34-30(32(36)37)10-13-39-2)21-38-12-5-11-33-18-24-14-25(19-33)16-26(15-24)20-33;/h3-4,6-9,17,24-26,30H,5,10-16,18-21H2,1-2H3,(H,34,35)(H,36,37);/q;+1/p-1/t24?,25?,26?,30-,33?;/m0./s1. The molecule has 1 amide bonds. The zero-order chi connectivity index (χ0) is 27.4. The number of thioether (sulfide) groups is 1. The number of carboxylic acid groups (broad SMARTS) is 1. The van der Waals surface area contributed by atoms with Crippen molar-refractivity contribution in [3.63, 3.8) is 0 Å². The van der Waals surface area contributed by atoms with Gasteiger partial charge in [-0.05, 0) is 134 Å². The average Bonchev–Trinajstić information content (AvgIpc) is 2.90. The molecule has 210 valence electrons. The van der Waals surface area contributed by atoms with Crippen molar-refractivity contribution in [3.8, 4) is 11.1 Å². The molecule has 4 fully saturated rings. The number of carbonyl (C=O) groups is 2. The first-order valence-electron chi connectivity index (χ1n) is 14.6. The fourth-order valence-corrected chi connectivity index (χ4v) is 8.50. The van der Waals surface area contributed by atoms with Crippen molar-refractivity contribution in [3.05, 3.63) is 59.2 Å². The Balaban J connectivity index is 0.00000370. The molecule has 4 bridgehead atoms. The fourth-order valence-electron chi connectivity index (χ4n) is 8.03. The Morgan fingerprint density at radius 1 is 1.05 bits per heavy atom. The third-order valence-corrected chi connectivity index (χ3v) is 10.0. The number of aliphatic carboxylic acids is 1. The minimum atomic E-state index is -1.26. The smallest absolute Gasteiger partial charge is 0.548 e. The first kappa shape index (κ1) is 31.2. The van der Waals surface area contributed by atoms with Crippen LogP contribution >= 0.6 is 11.8 Å². The Bertz CT molecular complexity index is 1150. The van der Waals surface area contributed by atoms with Gasteiger partial charge in [-0.15, -0.1) is 0 Å². The predicted molar refractivity (Wildman–Crippen MR) is 155 cm³/mol. The van der Waals surface area contributed by atoms with Crippen molar-refractivity contribution in [2.45, 2.75) is 77.4 Å². The summed E-state index contributed by atoms with van der Waals surface area (Å²) in [6, 6.07) is 12.7. The van der Waals surface area contributed by atoms with Gasteiger partial charge in [-0.25, -0.2) is 0 Å². The SMILES string of the molecule is CSCC[C@H](NC(=O)c1ccc(COCCCC23CC4CC(CC(C4)C2)C3)cc1-c1ccccc1C)C(=O)[O-].[Li+]. The molecule has 4 aliphatic carbocycles. The van der Waals surface area contributed by atoms with Crippen molar-refractivity contribution in [1.82, 2.24) is 5.32 Å². The maximum Gasteiger partial charge on any atom is 1.00 e. The van der Waals surface area contributed by atoms with Crippen LogP contribution in [0.4, 0.5) is 0 Å². The molecule has 1 N–H and O–H groups in total. The van der Waals surface area contributed by atoms with Gasteiger partial charge in [0.15, 0.2) is 0 Å². The fraction of sp³-hybridized carbons (Fsp3) is 0.576. The summed E-state index contributed by atoms with van der Waals surface area (Å²) in [5.41, 5.74) is 4.87. The average molecular weight is 556 g/mol. The van der Waals surface area contributed by atoms with E-state index >= 15 is 0 Å². The van der Waals surface area contributed by atoms with Crippen molar-refractivity contribution in [1.29, 1.82) is 0 Å². The number of benzene rings is 2. The molecule has 0 saturated heterocycles. The molecule has 2 aromatic rings. The molecule has 0 radical (unpaired) electrons. The van der Waals surface area contributed by atoms with E-state index in [-0.39, 0.29) is 18.9 Å². The molecule has 4 saturated carbocycles. The van der Waals surface area contributed by atoms with Gasteiger partial charge in [-0.1, -0.05) is 30.3 Å². The minimum absolute atomic E-state index is 0. The van der Waals surface area contributed by atoms with Crippen LogP contribution < -0.4 is 29.3 Å². The molecule has 6 rings (SSSR count). The Hall–Kier alpha value is -1.71. The topological polar surface area (TPSA) is 78.5 Å². The number of ether oxygens (including phenoxy) is 1. The summed E-state index contributed by atoms with van der Waals surface area (Å²) in [4.78, 5) is 24.9. The second-order valence-electron chi connectivity index (χ2n) is 12.4. The van der Waals surface area contributed by atoms with Crippen LogP contribution in [-0.2, 0) is 16.1 Å². The van der Waals surface area contributed by atoms with Crippen molar-refractivity contribution < 1.29 is 38.3 Å². The maximum absolute atomic E-state index is 13.3. The number of rotatable bonds is 13. The minimum Gasteiger partial charge on any atom is -0.548 e. The van der Waals surface area contributed by atoms with Gasteiger partial charge in [0, 0.05) is 12.2 Å². The molecule has 4 aliphatic rings. The summed E-state index contributed by atoms with van der Waals surface area (Å²) < 4.78 is 6.16. The van der Waals surface area contributed by atoms with Gasteiger partial charge >= 0.3 is 18.9 Å². The number of hydrogen-bond acceptors (Lipinski definition) is 5. The number of carboxylic acids is 1. The zero-order valence-electron chi connectivity index (χ0n) is 24.4. The molecule has 2 aromatic carbocycles. The third kappa shape index (κ3) is 7.37. The predicted octanol–water partition coefficient (Wildman–Crippen LogP) is 2.78. The molecule has 0 aliphatic heterocycles. The summed E-state index contributed by atoms with van der Waals surface area (Å²) in [7, 11) is 0. The van der Waals surface area contributed by atoms with Crippen LogP contribution in [0.2, 0.25) is 0 Å². The van der Waals surface area contributed by atoms with E-state index in [9.17, 15) is 14.7 Å². The van der Waals surface area contributed by atoms with Crippen molar-refractivity contribution in [2.24, 2.45) is 23.2 Å². The second kappa shape index (κ2) is 14.0. The molecular weight excluding hydrogens is 513 g/mol. The Labute approximate surface area is 255 Å². The van der Waals surface area contributed by atoms with Gasteiger partial charge in [0.25, 0.3) is 5.91 Å². The first-order valence-corrected chi connectivity index (χ1v) is 16.0. The van der Waals surface area contributed by atoms with Crippen LogP contribution in [0.15, 0.2) is 42.5 Å². The van der Waals surface area contributed by atoms with E-state index in [1.807, 2.05) is 49.6 Å². The maximum atomic E-state index is 13.3. The van der Waals surface area contributed by atoms with Gasteiger partial charge < -0.3 is 20.0 Å². The van der Waals surface area contributed by atoms with Crippen LogP contribution in [0.1, 0.15) is 79.3 Å². The third-order valence-electron chi connectivity index (χ3n) is 9.39. The molecule has 5 nitrogen and oxygen atoms in total. The van der Waals surface area contributed by atoms with E-state index in [2.05, 4.69) is 5.32 Å². The summed E-state index contributed by atoms with van der Waals surface area (Å²) in [5, 5.41) is 14.3. The molecule has 0 heterocycles. The largest absolute Gasteiger partial charge is 1.00 e. The molecule has 0 unspecified atom stereocenters. The Kier molecular flexibility index (Phi) is 10.9. The van der Waals surface area contributed by atoms with Crippen LogP contribution in [0.25, 0.3) is 11.1 Å². The molecule has 40 heavy (non-hydrogen) atoms. The normalized spacial score (nSPS) is 25.3. The van der Waals surface area contributed by atoms with E-state index in [1.54, 1.807) is 17.8 Å². The van der Waals surface area contributed by atoms with Gasteiger partial charge in [-0.2, -0.15) is 11.8 Å². The van der Waals surface area contributed by atoms with Crippen molar-refractivity contribution in [2.75, 3.05) is 18.6 Å². The number of hydrogen-bond donors (Lipinski definition) is 1. The monoisotopic (exact) mass is 555 g/mol. The van der Waals surface area contributed by atoms with E-state index in [0.717, 1.165) is 53.0 Å². The number of carbonyl (C=O) groups excluding carboxylic acids is 2. The van der Waals surface area contributed by atoms with E-state index in [0.29, 0.717) is 29.8 Å². The quantitative estimate of drug-likeness (QED) is 0.304. The Morgan fingerprint density at radius 2 is 1.73 bits per heavy atom. The molecule has 0 spiro atoms. The van der Waals surface area contributed by atoms with Crippen LogP contribution in [0.5, 0.6) is 0 Å². The van der Waals surface area contributed by atoms with Gasteiger partial charge in [0.1, 0.15) is 0 Å². The van der Waals surface area contributed by atoms with Crippen LogP contribution in [0, 0.1) is 30.1 Å². The number of amides is 1.